The standard InChI is InChI=1S/C14H13NO2S/c1-10-6-5-9-13(11(10)2)18-14-8-4-3-7-12(14)15(16)17/h3-9H,1-2H3. The molecule has 2 rings (SSSR count). The van der Waals surface area contributed by atoms with Gasteiger partial charge < -0.3 is 0 Å². The molecule has 0 aliphatic heterocycles. The summed E-state index contributed by atoms with van der Waals surface area (Å²) in [6.45, 7) is 4.07. The molecule has 3 nitrogen and oxygen atoms in total. The number of para-hydroxylation sites is 1. The zero-order chi connectivity index (χ0) is 13.1. The Morgan fingerprint density at radius 2 is 1.67 bits per heavy atom. The Bertz CT molecular complexity index is 596. The van der Waals surface area contributed by atoms with Crippen LogP contribution in [0.4, 0.5) is 5.69 Å². The normalized spacial score (nSPS) is 10.3. The van der Waals surface area contributed by atoms with E-state index in [0.29, 0.717) is 4.90 Å². The number of rotatable bonds is 3. The van der Waals surface area contributed by atoms with Crippen molar-refractivity contribution in [1.82, 2.24) is 0 Å². The fourth-order valence-corrected chi connectivity index (χ4v) is 2.74. The van der Waals surface area contributed by atoms with Gasteiger partial charge >= 0.3 is 0 Å². The van der Waals surface area contributed by atoms with Gasteiger partial charge in [-0.3, -0.25) is 10.1 Å². The molecule has 0 unspecified atom stereocenters. The topological polar surface area (TPSA) is 43.1 Å². The van der Waals surface area contributed by atoms with Gasteiger partial charge in [-0.2, -0.15) is 0 Å². The minimum absolute atomic E-state index is 0.156. The van der Waals surface area contributed by atoms with Gasteiger partial charge in [0.25, 0.3) is 5.69 Å². The minimum atomic E-state index is -0.340. The summed E-state index contributed by atoms with van der Waals surface area (Å²) in [5.74, 6) is 0. The van der Waals surface area contributed by atoms with E-state index in [4.69, 9.17) is 0 Å². The molecule has 0 saturated carbocycles. The third-order valence-corrected chi connectivity index (χ3v) is 4.06. The Morgan fingerprint density at radius 1 is 1.00 bits per heavy atom. The number of aryl methyl sites for hydroxylation is 1. The third kappa shape index (κ3) is 2.54. The minimum Gasteiger partial charge on any atom is -0.258 e. The van der Waals surface area contributed by atoms with E-state index in [-0.39, 0.29) is 10.6 Å². The van der Waals surface area contributed by atoms with Crippen LogP contribution in [0.2, 0.25) is 0 Å². The highest BCUT2D eigenvalue weighted by molar-refractivity contribution is 7.99. The molecule has 0 aliphatic carbocycles. The lowest BCUT2D eigenvalue weighted by atomic mass is 10.1. The van der Waals surface area contributed by atoms with Crippen LogP contribution in [0, 0.1) is 24.0 Å². The van der Waals surface area contributed by atoms with Crippen LogP contribution in [0.5, 0.6) is 0 Å². The van der Waals surface area contributed by atoms with Crippen molar-refractivity contribution in [1.29, 1.82) is 0 Å². The van der Waals surface area contributed by atoms with E-state index in [1.807, 2.05) is 38.1 Å². The monoisotopic (exact) mass is 259 g/mol. The van der Waals surface area contributed by atoms with E-state index in [9.17, 15) is 10.1 Å². The summed E-state index contributed by atoms with van der Waals surface area (Å²) < 4.78 is 0. The number of nitro benzene ring substituents is 1. The molecule has 2 aromatic carbocycles. The SMILES string of the molecule is Cc1cccc(Sc2ccccc2[N+](=O)[O-])c1C. The Hall–Kier alpha value is -1.81. The molecule has 0 amide bonds. The van der Waals surface area contributed by atoms with Crippen LogP contribution in [0.3, 0.4) is 0 Å². The maximum atomic E-state index is 11.0. The Labute approximate surface area is 110 Å². The highest BCUT2D eigenvalue weighted by atomic mass is 32.2. The number of nitrogens with zero attached hydrogens (tertiary/aromatic N) is 1. The van der Waals surface area contributed by atoms with Crippen LogP contribution in [0.1, 0.15) is 11.1 Å². The fourth-order valence-electron chi connectivity index (χ4n) is 1.65. The van der Waals surface area contributed by atoms with E-state index in [1.165, 1.54) is 29.0 Å². The molecule has 2 aromatic rings. The van der Waals surface area contributed by atoms with Crippen LogP contribution in [0.15, 0.2) is 52.3 Å². The van der Waals surface area contributed by atoms with Crippen LogP contribution >= 0.6 is 11.8 Å². The Balaban J connectivity index is 2.40. The van der Waals surface area contributed by atoms with Gasteiger partial charge in [0.05, 0.1) is 9.82 Å². The van der Waals surface area contributed by atoms with Crippen LogP contribution < -0.4 is 0 Å². The molecule has 4 heteroatoms. The number of hydrogen-bond acceptors (Lipinski definition) is 3. The number of benzene rings is 2. The lowest BCUT2D eigenvalue weighted by molar-refractivity contribution is -0.387. The van der Waals surface area contributed by atoms with Crippen molar-refractivity contribution in [3.63, 3.8) is 0 Å². The molecule has 0 radical (unpaired) electrons. The largest absolute Gasteiger partial charge is 0.283 e. The van der Waals surface area contributed by atoms with Crippen molar-refractivity contribution >= 4 is 17.4 Å². The zero-order valence-corrected chi connectivity index (χ0v) is 11.0. The quantitative estimate of drug-likeness (QED) is 0.607. The lowest BCUT2D eigenvalue weighted by Crippen LogP contribution is -1.91. The molecular weight excluding hydrogens is 246 g/mol. The van der Waals surface area contributed by atoms with Gasteiger partial charge in [-0.1, -0.05) is 36.0 Å². The van der Waals surface area contributed by atoms with E-state index >= 15 is 0 Å². The molecule has 0 aliphatic rings. The fraction of sp³-hybridized carbons (Fsp3) is 0.143. The summed E-state index contributed by atoms with van der Waals surface area (Å²) >= 11 is 1.44. The van der Waals surface area contributed by atoms with Crippen molar-refractivity contribution < 1.29 is 4.92 Å². The van der Waals surface area contributed by atoms with Crippen LogP contribution in [-0.2, 0) is 0 Å². The first-order valence-electron chi connectivity index (χ1n) is 5.57. The van der Waals surface area contributed by atoms with Gasteiger partial charge in [0.15, 0.2) is 0 Å². The van der Waals surface area contributed by atoms with Gasteiger partial charge in [-0.15, -0.1) is 0 Å². The highest BCUT2D eigenvalue weighted by Gasteiger charge is 2.14. The van der Waals surface area contributed by atoms with Gasteiger partial charge in [0.2, 0.25) is 0 Å². The molecule has 0 bridgehead atoms. The maximum absolute atomic E-state index is 11.0. The van der Waals surface area contributed by atoms with Crippen molar-refractivity contribution in [2.45, 2.75) is 23.6 Å². The van der Waals surface area contributed by atoms with Crippen LogP contribution in [-0.4, -0.2) is 4.92 Å². The Morgan fingerprint density at radius 3 is 2.39 bits per heavy atom. The summed E-state index contributed by atoms with van der Waals surface area (Å²) in [4.78, 5) is 12.4. The van der Waals surface area contributed by atoms with Crippen molar-refractivity contribution in [3.8, 4) is 0 Å². The molecule has 0 aromatic heterocycles. The van der Waals surface area contributed by atoms with Crippen LogP contribution in [0.25, 0.3) is 0 Å². The average Bonchev–Trinajstić information content (AvgIpc) is 2.35. The summed E-state index contributed by atoms with van der Waals surface area (Å²) in [7, 11) is 0. The summed E-state index contributed by atoms with van der Waals surface area (Å²) in [5, 5.41) is 11.0. The molecule has 0 fully saturated rings. The van der Waals surface area contributed by atoms with Gasteiger partial charge in [0, 0.05) is 11.0 Å². The number of nitro groups is 1. The second-order valence-corrected chi connectivity index (χ2v) is 5.11. The third-order valence-electron chi connectivity index (χ3n) is 2.84. The molecule has 92 valence electrons. The summed E-state index contributed by atoms with van der Waals surface area (Å²) in [5.41, 5.74) is 2.52. The van der Waals surface area contributed by atoms with E-state index in [2.05, 4.69) is 0 Å². The first kappa shape index (κ1) is 12.6. The number of hydrogen-bond donors (Lipinski definition) is 0. The van der Waals surface area contributed by atoms with Gasteiger partial charge in [-0.05, 0) is 37.1 Å². The van der Waals surface area contributed by atoms with E-state index in [0.717, 1.165) is 4.90 Å². The van der Waals surface area contributed by atoms with Crippen molar-refractivity contribution in [2.24, 2.45) is 0 Å². The highest BCUT2D eigenvalue weighted by Crippen LogP contribution is 2.36. The molecule has 0 spiro atoms. The first-order chi connectivity index (χ1) is 8.59. The lowest BCUT2D eigenvalue weighted by Gasteiger charge is -2.08. The smallest absolute Gasteiger partial charge is 0.258 e. The van der Waals surface area contributed by atoms with Crippen molar-refractivity contribution in [3.05, 3.63) is 63.7 Å². The second kappa shape index (κ2) is 5.23. The molecule has 0 heterocycles. The predicted octanol–water partition coefficient (Wildman–Crippen LogP) is 4.36. The Kier molecular flexibility index (Phi) is 3.67. The first-order valence-corrected chi connectivity index (χ1v) is 6.38. The van der Waals surface area contributed by atoms with Gasteiger partial charge in [0.1, 0.15) is 0 Å². The van der Waals surface area contributed by atoms with E-state index < -0.39 is 0 Å². The summed E-state index contributed by atoms with van der Waals surface area (Å²) in [6, 6.07) is 12.8. The van der Waals surface area contributed by atoms with Crippen molar-refractivity contribution in [2.75, 3.05) is 0 Å². The average molecular weight is 259 g/mol. The summed E-state index contributed by atoms with van der Waals surface area (Å²) in [6.07, 6.45) is 0. The zero-order valence-electron chi connectivity index (χ0n) is 10.2. The molecule has 0 saturated heterocycles. The van der Waals surface area contributed by atoms with Gasteiger partial charge in [-0.25, -0.2) is 0 Å². The predicted molar refractivity (Wildman–Crippen MR) is 73.1 cm³/mol. The molecule has 0 N–H and O–H groups in total. The van der Waals surface area contributed by atoms with E-state index in [1.54, 1.807) is 12.1 Å². The molecule has 18 heavy (non-hydrogen) atoms. The second-order valence-electron chi connectivity index (χ2n) is 4.02. The molecule has 0 atom stereocenters. The molecular formula is C14H13NO2S. The maximum Gasteiger partial charge on any atom is 0.283 e.